The molecule has 2 rings (SSSR count). The standard InChI is InChI=1S/C14H19FN2O3S/c1-2-21(19,20)16-11-7-9-17(10-8-11)14(18)12-5-3-4-6-13(12)15/h3-6,11,16H,2,7-10H2,1H3. The summed E-state index contributed by atoms with van der Waals surface area (Å²) in [7, 11) is -3.23. The van der Waals surface area contributed by atoms with E-state index in [1.165, 1.54) is 18.2 Å². The molecule has 1 amide bonds. The lowest BCUT2D eigenvalue weighted by Crippen LogP contribution is -2.47. The van der Waals surface area contributed by atoms with Crippen molar-refractivity contribution in [3.05, 3.63) is 35.6 Å². The maximum Gasteiger partial charge on any atom is 0.256 e. The summed E-state index contributed by atoms with van der Waals surface area (Å²) >= 11 is 0. The Kier molecular flexibility index (Phi) is 4.95. The molecule has 1 N–H and O–H groups in total. The molecule has 1 fully saturated rings. The number of sulfonamides is 1. The predicted octanol–water partition coefficient (Wildman–Crippen LogP) is 1.37. The van der Waals surface area contributed by atoms with Crippen LogP contribution in [0.3, 0.4) is 0 Å². The number of halogens is 1. The zero-order valence-electron chi connectivity index (χ0n) is 11.9. The van der Waals surface area contributed by atoms with Crippen LogP contribution < -0.4 is 4.72 Å². The van der Waals surface area contributed by atoms with Crippen molar-refractivity contribution in [1.29, 1.82) is 0 Å². The number of benzene rings is 1. The van der Waals surface area contributed by atoms with E-state index in [-0.39, 0.29) is 23.3 Å². The van der Waals surface area contributed by atoms with E-state index in [0.29, 0.717) is 25.9 Å². The fourth-order valence-electron chi connectivity index (χ4n) is 2.34. The molecule has 5 nitrogen and oxygen atoms in total. The summed E-state index contributed by atoms with van der Waals surface area (Å²) in [6.07, 6.45) is 1.08. The number of hydrogen-bond acceptors (Lipinski definition) is 3. The molecule has 1 saturated heterocycles. The van der Waals surface area contributed by atoms with Gasteiger partial charge in [-0.05, 0) is 31.9 Å². The van der Waals surface area contributed by atoms with E-state index in [1.54, 1.807) is 17.9 Å². The van der Waals surface area contributed by atoms with E-state index < -0.39 is 15.8 Å². The van der Waals surface area contributed by atoms with Crippen LogP contribution in [0.15, 0.2) is 24.3 Å². The van der Waals surface area contributed by atoms with Crippen LogP contribution in [0, 0.1) is 5.82 Å². The quantitative estimate of drug-likeness (QED) is 0.913. The van der Waals surface area contributed by atoms with E-state index in [9.17, 15) is 17.6 Å². The second kappa shape index (κ2) is 6.53. The topological polar surface area (TPSA) is 66.5 Å². The highest BCUT2D eigenvalue weighted by atomic mass is 32.2. The van der Waals surface area contributed by atoms with Crippen LogP contribution in [-0.4, -0.2) is 44.1 Å². The molecule has 0 atom stereocenters. The Balaban J connectivity index is 1.95. The van der Waals surface area contributed by atoms with Crippen LogP contribution in [0.2, 0.25) is 0 Å². The Morgan fingerprint density at radius 2 is 1.95 bits per heavy atom. The Morgan fingerprint density at radius 3 is 2.52 bits per heavy atom. The zero-order chi connectivity index (χ0) is 15.5. The Morgan fingerprint density at radius 1 is 1.33 bits per heavy atom. The third-order valence-electron chi connectivity index (χ3n) is 3.61. The van der Waals surface area contributed by atoms with E-state index in [0.717, 1.165) is 0 Å². The van der Waals surface area contributed by atoms with Gasteiger partial charge in [0, 0.05) is 19.1 Å². The molecule has 0 spiro atoms. The van der Waals surface area contributed by atoms with Crippen molar-refractivity contribution in [2.24, 2.45) is 0 Å². The number of nitrogens with one attached hydrogen (secondary N) is 1. The van der Waals surface area contributed by atoms with Gasteiger partial charge in [0.25, 0.3) is 5.91 Å². The normalized spacial score (nSPS) is 17.0. The number of likely N-dealkylation sites (tertiary alicyclic amines) is 1. The van der Waals surface area contributed by atoms with Crippen molar-refractivity contribution in [1.82, 2.24) is 9.62 Å². The smallest absolute Gasteiger partial charge is 0.256 e. The van der Waals surface area contributed by atoms with Crippen LogP contribution in [-0.2, 0) is 10.0 Å². The first-order chi connectivity index (χ1) is 9.93. The fourth-order valence-corrected chi connectivity index (χ4v) is 3.25. The molecule has 0 aromatic heterocycles. The van der Waals surface area contributed by atoms with Crippen molar-refractivity contribution < 1.29 is 17.6 Å². The van der Waals surface area contributed by atoms with Crippen molar-refractivity contribution in [3.63, 3.8) is 0 Å². The van der Waals surface area contributed by atoms with Gasteiger partial charge in [0.2, 0.25) is 10.0 Å². The van der Waals surface area contributed by atoms with Crippen LogP contribution in [0.25, 0.3) is 0 Å². The monoisotopic (exact) mass is 314 g/mol. The summed E-state index contributed by atoms with van der Waals surface area (Å²) in [4.78, 5) is 13.8. The molecule has 0 aliphatic carbocycles. The fraction of sp³-hybridized carbons (Fsp3) is 0.500. The lowest BCUT2D eigenvalue weighted by molar-refractivity contribution is 0.0706. The zero-order valence-corrected chi connectivity index (χ0v) is 12.7. The number of piperidine rings is 1. The highest BCUT2D eigenvalue weighted by Gasteiger charge is 2.26. The van der Waals surface area contributed by atoms with Gasteiger partial charge < -0.3 is 4.90 Å². The van der Waals surface area contributed by atoms with Crippen molar-refractivity contribution in [2.45, 2.75) is 25.8 Å². The maximum absolute atomic E-state index is 13.6. The van der Waals surface area contributed by atoms with E-state index >= 15 is 0 Å². The van der Waals surface area contributed by atoms with Crippen molar-refractivity contribution in [3.8, 4) is 0 Å². The van der Waals surface area contributed by atoms with Gasteiger partial charge >= 0.3 is 0 Å². The second-order valence-corrected chi connectivity index (χ2v) is 7.11. The molecule has 0 unspecified atom stereocenters. The molecule has 1 aliphatic heterocycles. The number of hydrogen-bond donors (Lipinski definition) is 1. The van der Waals surface area contributed by atoms with Gasteiger partial charge in [-0.25, -0.2) is 17.5 Å². The largest absolute Gasteiger partial charge is 0.338 e. The Bertz CT molecular complexity index is 610. The first kappa shape index (κ1) is 15.9. The summed E-state index contributed by atoms with van der Waals surface area (Å²) in [5.74, 6) is -0.831. The van der Waals surface area contributed by atoms with Gasteiger partial charge in [0.15, 0.2) is 0 Å². The van der Waals surface area contributed by atoms with Gasteiger partial charge in [0.1, 0.15) is 5.82 Å². The molecule has 0 bridgehead atoms. The van der Waals surface area contributed by atoms with Crippen LogP contribution >= 0.6 is 0 Å². The molecular weight excluding hydrogens is 295 g/mol. The third kappa shape index (κ3) is 4.01. The Labute approximate surface area is 124 Å². The van der Waals surface area contributed by atoms with Crippen LogP contribution in [0.4, 0.5) is 4.39 Å². The molecule has 7 heteroatoms. The van der Waals surface area contributed by atoms with E-state index in [2.05, 4.69) is 4.72 Å². The van der Waals surface area contributed by atoms with Gasteiger partial charge in [-0.2, -0.15) is 0 Å². The average Bonchev–Trinajstić information content (AvgIpc) is 2.47. The van der Waals surface area contributed by atoms with Crippen molar-refractivity contribution in [2.75, 3.05) is 18.8 Å². The minimum atomic E-state index is -3.23. The van der Waals surface area contributed by atoms with Crippen molar-refractivity contribution >= 4 is 15.9 Å². The summed E-state index contributed by atoms with van der Waals surface area (Å²) in [5, 5.41) is 0. The van der Waals surface area contributed by atoms with Gasteiger partial charge in [-0.1, -0.05) is 12.1 Å². The molecule has 1 aromatic carbocycles. The molecule has 1 heterocycles. The number of carbonyl (C=O) groups is 1. The molecule has 21 heavy (non-hydrogen) atoms. The van der Waals surface area contributed by atoms with Gasteiger partial charge in [-0.15, -0.1) is 0 Å². The summed E-state index contributed by atoms with van der Waals surface area (Å²) in [5.41, 5.74) is 0.0603. The minimum absolute atomic E-state index is 0.0430. The third-order valence-corrected chi connectivity index (χ3v) is 5.07. The SMILES string of the molecule is CCS(=O)(=O)NC1CCN(C(=O)c2ccccc2F)CC1. The van der Waals surface area contributed by atoms with Gasteiger partial charge in [0.05, 0.1) is 11.3 Å². The Hall–Kier alpha value is -1.47. The number of rotatable bonds is 4. The summed E-state index contributed by atoms with van der Waals surface area (Å²) in [6, 6.07) is 5.73. The predicted molar refractivity (Wildman–Crippen MR) is 77.9 cm³/mol. The molecule has 116 valence electrons. The molecule has 1 aromatic rings. The summed E-state index contributed by atoms with van der Waals surface area (Å²) < 4.78 is 39.2. The first-order valence-electron chi connectivity index (χ1n) is 6.96. The summed E-state index contributed by atoms with van der Waals surface area (Å²) in [6.45, 7) is 2.42. The second-order valence-electron chi connectivity index (χ2n) is 5.07. The molecular formula is C14H19FN2O3S. The molecule has 1 aliphatic rings. The van der Waals surface area contributed by atoms with Gasteiger partial charge in [-0.3, -0.25) is 4.79 Å². The lowest BCUT2D eigenvalue weighted by Gasteiger charge is -2.32. The number of amides is 1. The van der Waals surface area contributed by atoms with E-state index in [1.807, 2.05) is 0 Å². The lowest BCUT2D eigenvalue weighted by atomic mass is 10.0. The number of carbonyl (C=O) groups excluding carboxylic acids is 1. The molecule has 0 saturated carbocycles. The highest BCUT2D eigenvalue weighted by molar-refractivity contribution is 7.89. The minimum Gasteiger partial charge on any atom is -0.338 e. The first-order valence-corrected chi connectivity index (χ1v) is 8.62. The van der Waals surface area contributed by atoms with Crippen LogP contribution in [0.1, 0.15) is 30.1 Å². The highest BCUT2D eigenvalue weighted by Crippen LogP contribution is 2.16. The molecule has 0 radical (unpaired) electrons. The van der Waals surface area contributed by atoms with Crippen LogP contribution in [0.5, 0.6) is 0 Å². The number of nitrogens with zero attached hydrogens (tertiary/aromatic N) is 1. The van der Waals surface area contributed by atoms with E-state index in [4.69, 9.17) is 0 Å². The maximum atomic E-state index is 13.6. The average molecular weight is 314 g/mol.